The van der Waals surface area contributed by atoms with Gasteiger partial charge in [0.2, 0.25) is 0 Å². The van der Waals surface area contributed by atoms with E-state index in [1.54, 1.807) is 0 Å². The summed E-state index contributed by atoms with van der Waals surface area (Å²) in [5.74, 6) is 0.903. The van der Waals surface area contributed by atoms with E-state index in [1.807, 2.05) is 0 Å². The maximum absolute atomic E-state index is 9.01. The maximum atomic E-state index is 9.01. The van der Waals surface area contributed by atoms with Crippen LogP contribution < -0.4 is 5.32 Å². The third kappa shape index (κ3) is 2.76. The van der Waals surface area contributed by atoms with Crippen LogP contribution in [0.2, 0.25) is 0 Å². The molecule has 0 heterocycles. The van der Waals surface area contributed by atoms with Gasteiger partial charge in [-0.05, 0) is 18.8 Å². The van der Waals surface area contributed by atoms with Crippen molar-refractivity contribution in [3.05, 3.63) is 0 Å². The Hall–Kier alpha value is -0.0800. The summed E-state index contributed by atoms with van der Waals surface area (Å²) in [5, 5.41) is 12.5. The summed E-state index contributed by atoms with van der Waals surface area (Å²) in [4.78, 5) is 0. The van der Waals surface area contributed by atoms with Gasteiger partial charge in [-0.1, -0.05) is 20.8 Å². The fourth-order valence-electron chi connectivity index (χ4n) is 1.55. The highest BCUT2D eigenvalue weighted by atomic mass is 16.3. The van der Waals surface area contributed by atoms with Crippen LogP contribution in [0, 0.1) is 11.3 Å². The van der Waals surface area contributed by atoms with Crippen LogP contribution in [0.3, 0.4) is 0 Å². The Labute approximate surface area is 75.4 Å². The van der Waals surface area contributed by atoms with Crippen LogP contribution in [0.25, 0.3) is 0 Å². The van der Waals surface area contributed by atoms with Gasteiger partial charge in [-0.25, -0.2) is 0 Å². The van der Waals surface area contributed by atoms with Gasteiger partial charge >= 0.3 is 0 Å². The van der Waals surface area contributed by atoms with E-state index in [4.69, 9.17) is 5.11 Å². The van der Waals surface area contributed by atoms with Crippen LogP contribution in [0.4, 0.5) is 0 Å². The van der Waals surface area contributed by atoms with Crippen molar-refractivity contribution in [2.45, 2.75) is 39.7 Å². The van der Waals surface area contributed by atoms with Crippen molar-refractivity contribution < 1.29 is 5.11 Å². The van der Waals surface area contributed by atoms with Gasteiger partial charge in [0.15, 0.2) is 0 Å². The smallest absolute Gasteiger partial charge is 0.0494 e. The molecule has 0 atom stereocenters. The molecule has 0 saturated heterocycles. The lowest BCUT2D eigenvalue weighted by Crippen LogP contribution is -2.45. The van der Waals surface area contributed by atoms with E-state index >= 15 is 0 Å². The van der Waals surface area contributed by atoms with Gasteiger partial charge < -0.3 is 10.4 Å². The van der Waals surface area contributed by atoms with Gasteiger partial charge in [-0.3, -0.25) is 0 Å². The van der Waals surface area contributed by atoms with E-state index in [1.165, 1.54) is 12.8 Å². The predicted molar refractivity (Wildman–Crippen MR) is 51.1 cm³/mol. The van der Waals surface area contributed by atoms with E-state index in [2.05, 4.69) is 26.1 Å². The summed E-state index contributed by atoms with van der Waals surface area (Å²) in [5.41, 5.74) is 0.0405. The highest BCUT2D eigenvalue weighted by Crippen LogP contribution is 2.27. The molecule has 2 N–H and O–H groups in total. The molecule has 0 amide bonds. The van der Waals surface area contributed by atoms with Crippen LogP contribution >= 0.6 is 0 Å². The minimum absolute atomic E-state index is 0.0405. The van der Waals surface area contributed by atoms with Gasteiger partial charge in [0.05, 0.1) is 0 Å². The Balaban J connectivity index is 2.10. The van der Waals surface area contributed by atoms with E-state index in [0.717, 1.165) is 12.5 Å². The number of aliphatic hydroxyl groups is 1. The fourth-order valence-corrected chi connectivity index (χ4v) is 1.55. The van der Waals surface area contributed by atoms with Crippen molar-refractivity contribution >= 4 is 0 Å². The second kappa shape index (κ2) is 3.75. The van der Waals surface area contributed by atoms with Crippen molar-refractivity contribution in [1.82, 2.24) is 5.32 Å². The Bertz CT molecular complexity index is 139. The van der Waals surface area contributed by atoms with E-state index in [9.17, 15) is 0 Å². The van der Waals surface area contributed by atoms with Crippen molar-refractivity contribution in [2.24, 2.45) is 11.3 Å². The molecule has 0 aromatic carbocycles. The molecule has 12 heavy (non-hydrogen) atoms. The number of aliphatic hydroxyl groups excluding tert-OH is 1. The van der Waals surface area contributed by atoms with Crippen LogP contribution in [-0.2, 0) is 0 Å². The number of hydrogen-bond donors (Lipinski definition) is 2. The van der Waals surface area contributed by atoms with E-state index in [-0.39, 0.29) is 12.0 Å². The number of hydrogen-bond acceptors (Lipinski definition) is 2. The standard InChI is InChI=1S/C10H21NO/c1-8-4-9(5-8)11-6-10(2,3)7-12/h8-9,11-12H,4-7H2,1-3H3. The lowest BCUT2D eigenvalue weighted by Gasteiger charge is -2.36. The van der Waals surface area contributed by atoms with Gasteiger partial charge in [0.25, 0.3) is 0 Å². The molecule has 0 aliphatic heterocycles. The molecule has 1 fully saturated rings. The largest absolute Gasteiger partial charge is 0.396 e. The molecule has 1 aliphatic rings. The molecule has 2 nitrogen and oxygen atoms in total. The first kappa shape index (κ1) is 10.0. The summed E-state index contributed by atoms with van der Waals surface area (Å²) in [6.07, 6.45) is 2.61. The van der Waals surface area contributed by atoms with Gasteiger partial charge in [-0.2, -0.15) is 0 Å². The molecule has 0 unspecified atom stereocenters. The van der Waals surface area contributed by atoms with Crippen LogP contribution in [0.5, 0.6) is 0 Å². The molecular weight excluding hydrogens is 150 g/mol. The molecule has 1 saturated carbocycles. The molecule has 72 valence electrons. The third-order valence-corrected chi connectivity index (χ3v) is 2.67. The predicted octanol–water partition coefficient (Wildman–Crippen LogP) is 1.39. The topological polar surface area (TPSA) is 32.3 Å². The molecule has 0 aromatic rings. The second-order valence-electron chi connectivity index (χ2n) is 4.98. The molecule has 0 radical (unpaired) electrons. The van der Waals surface area contributed by atoms with Crippen molar-refractivity contribution in [3.8, 4) is 0 Å². The lowest BCUT2D eigenvalue weighted by molar-refractivity contribution is 0.138. The summed E-state index contributed by atoms with van der Waals surface area (Å²) in [7, 11) is 0. The third-order valence-electron chi connectivity index (χ3n) is 2.67. The Kier molecular flexibility index (Phi) is 3.13. The molecule has 2 heteroatoms. The highest BCUT2D eigenvalue weighted by Gasteiger charge is 2.26. The van der Waals surface area contributed by atoms with Crippen molar-refractivity contribution in [2.75, 3.05) is 13.2 Å². The first-order valence-corrected chi connectivity index (χ1v) is 4.88. The Morgan fingerprint density at radius 3 is 2.42 bits per heavy atom. The Morgan fingerprint density at radius 2 is 2.00 bits per heavy atom. The number of nitrogens with one attached hydrogen (secondary N) is 1. The maximum Gasteiger partial charge on any atom is 0.0494 e. The minimum atomic E-state index is 0.0405. The summed E-state index contributed by atoms with van der Waals surface area (Å²) in [6.45, 7) is 7.66. The molecule has 0 bridgehead atoms. The van der Waals surface area contributed by atoms with E-state index < -0.39 is 0 Å². The van der Waals surface area contributed by atoms with Crippen LogP contribution in [-0.4, -0.2) is 24.3 Å². The lowest BCUT2D eigenvalue weighted by atomic mass is 9.81. The average molecular weight is 171 g/mol. The Morgan fingerprint density at radius 1 is 1.42 bits per heavy atom. The van der Waals surface area contributed by atoms with Gasteiger partial charge in [0, 0.05) is 24.6 Å². The zero-order valence-corrected chi connectivity index (χ0v) is 8.43. The monoisotopic (exact) mass is 171 g/mol. The van der Waals surface area contributed by atoms with Crippen molar-refractivity contribution in [3.63, 3.8) is 0 Å². The van der Waals surface area contributed by atoms with Crippen LogP contribution in [0.1, 0.15) is 33.6 Å². The SMILES string of the molecule is CC1CC(NCC(C)(C)CO)C1. The molecule has 1 aliphatic carbocycles. The van der Waals surface area contributed by atoms with Gasteiger partial charge in [0.1, 0.15) is 0 Å². The fraction of sp³-hybridized carbons (Fsp3) is 1.00. The average Bonchev–Trinajstić information content (AvgIpc) is 1.96. The summed E-state index contributed by atoms with van der Waals surface area (Å²) >= 11 is 0. The minimum Gasteiger partial charge on any atom is -0.396 e. The van der Waals surface area contributed by atoms with Crippen molar-refractivity contribution in [1.29, 1.82) is 0 Å². The quantitative estimate of drug-likeness (QED) is 0.670. The first-order chi connectivity index (χ1) is 5.53. The first-order valence-electron chi connectivity index (χ1n) is 4.88. The number of rotatable bonds is 4. The summed E-state index contributed by atoms with van der Waals surface area (Å²) < 4.78 is 0. The molecule has 0 aromatic heterocycles. The van der Waals surface area contributed by atoms with E-state index in [0.29, 0.717) is 6.04 Å². The molecule has 1 rings (SSSR count). The highest BCUT2D eigenvalue weighted by molar-refractivity contribution is 4.84. The second-order valence-corrected chi connectivity index (χ2v) is 4.98. The zero-order chi connectivity index (χ0) is 9.19. The zero-order valence-electron chi connectivity index (χ0n) is 8.43. The van der Waals surface area contributed by atoms with Crippen LogP contribution in [0.15, 0.2) is 0 Å². The van der Waals surface area contributed by atoms with Gasteiger partial charge in [-0.15, -0.1) is 0 Å². The molecule has 0 spiro atoms. The summed E-state index contributed by atoms with van der Waals surface area (Å²) in [6, 6.07) is 0.714. The molecular formula is C10H21NO. The normalized spacial score (nSPS) is 30.0.